The summed E-state index contributed by atoms with van der Waals surface area (Å²) in [5.41, 5.74) is 2.12. The van der Waals surface area contributed by atoms with Crippen molar-refractivity contribution in [3.63, 3.8) is 0 Å². The minimum atomic E-state index is 0.338. The molecule has 2 rings (SSSR count). The van der Waals surface area contributed by atoms with Gasteiger partial charge in [0.2, 0.25) is 5.76 Å². The zero-order valence-corrected chi connectivity index (χ0v) is 9.71. The molecule has 0 N–H and O–H groups in total. The highest BCUT2D eigenvalue weighted by Crippen LogP contribution is 2.26. The van der Waals surface area contributed by atoms with Crippen LogP contribution in [0.15, 0.2) is 39.2 Å². The second-order valence-electron chi connectivity index (χ2n) is 3.24. The summed E-state index contributed by atoms with van der Waals surface area (Å²) in [5, 5.41) is 8.65. The Morgan fingerprint density at radius 2 is 2.07 bits per heavy atom. The van der Waals surface area contributed by atoms with E-state index in [4.69, 9.17) is 9.68 Å². The quantitative estimate of drug-likeness (QED) is 0.781. The zero-order chi connectivity index (χ0) is 10.8. The van der Waals surface area contributed by atoms with Crippen molar-refractivity contribution in [2.75, 3.05) is 0 Å². The maximum atomic E-state index is 8.65. The minimum Gasteiger partial charge on any atom is -0.446 e. The second kappa shape index (κ2) is 3.92. The maximum absolute atomic E-state index is 8.65. The SMILES string of the molecule is Cc1cc(-c2ccc(C#N)o2)ccc1Br. The molecule has 1 aromatic carbocycles. The van der Waals surface area contributed by atoms with Gasteiger partial charge in [0.05, 0.1) is 0 Å². The number of hydrogen-bond donors (Lipinski definition) is 0. The highest BCUT2D eigenvalue weighted by atomic mass is 79.9. The summed E-state index contributed by atoms with van der Waals surface area (Å²) in [6, 6.07) is 11.4. The van der Waals surface area contributed by atoms with Crippen LogP contribution in [0.2, 0.25) is 0 Å². The van der Waals surface area contributed by atoms with Crippen molar-refractivity contribution in [1.29, 1.82) is 5.26 Å². The van der Waals surface area contributed by atoms with Gasteiger partial charge in [-0.25, -0.2) is 0 Å². The van der Waals surface area contributed by atoms with E-state index >= 15 is 0 Å². The summed E-state index contributed by atoms with van der Waals surface area (Å²) in [4.78, 5) is 0. The van der Waals surface area contributed by atoms with Crippen LogP contribution >= 0.6 is 15.9 Å². The topological polar surface area (TPSA) is 36.9 Å². The minimum absolute atomic E-state index is 0.338. The van der Waals surface area contributed by atoms with Crippen molar-refractivity contribution in [1.82, 2.24) is 0 Å². The molecule has 0 spiro atoms. The number of aryl methyl sites for hydroxylation is 1. The van der Waals surface area contributed by atoms with E-state index in [9.17, 15) is 0 Å². The average Bonchev–Trinajstić information content (AvgIpc) is 2.70. The lowest BCUT2D eigenvalue weighted by Crippen LogP contribution is -1.78. The first-order chi connectivity index (χ1) is 7.20. The Bertz CT molecular complexity index is 537. The fourth-order valence-corrected chi connectivity index (χ4v) is 1.60. The van der Waals surface area contributed by atoms with Gasteiger partial charge in [0.25, 0.3) is 0 Å². The Kier molecular flexibility index (Phi) is 2.61. The van der Waals surface area contributed by atoms with E-state index in [-0.39, 0.29) is 0 Å². The third-order valence-electron chi connectivity index (χ3n) is 2.16. The third kappa shape index (κ3) is 1.95. The number of furan rings is 1. The van der Waals surface area contributed by atoms with Crippen LogP contribution in [0.1, 0.15) is 11.3 Å². The van der Waals surface area contributed by atoms with E-state index in [1.54, 1.807) is 12.1 Å². The van der Waals surface area contributed by atoms with Gasteiger partial charge in [-0.15, -0.1) is 0 Å². The van der Waals surface area contributed by atoms with Gasteiger partial charge in [0.15, 0.2) is 0 Å². The van der Waals surface area contributed by atoms with Crippen LogP contribution in [0, 0.1) is 18.3 Å². The molecule has 2 nitrogen and oxygen atoms in total. The lowest BCUT2D eigenvalue weighted by molar-refractivity contribution is 0.567. The molecular weight excluding hydrogens is 254 g/mol. The normalized spacial score (nSPS) is 9.93. The van der Waals surface area contributed by atoms with Crippen LogP contribution in [0.5, 0.6) is 0 Å². The van der Waals surface area contributed by atoms with Gasteiger partial charge in [-0.1, -0.05) is 22.0 Å². The molecule has 15 heavy (non-hydrogen) atoms. The molecule has 3 heteroatoms. The molecule has 1 aromatic heterocycles. The molecule has 0 bridgehead atoms. The highest BCUT2D eigenvalue weighted by Gasteiger charge is 2.05. The molecule has 0 saturated heterocycles. The highest BCUT2D eigenvalue weighted by molar-refractivity contribution is 9.10. The number of rotatable bonds is 1. The molecule has 0 aliphatic rings. The van der Waals surface area contributed by atoms with Crippen molar-refractivity contribution >= 4 is 15.9 Å². The van der Waals surface area contributed by atoms with Gasteiger partial charge < -0.3 is 4.42 Å². The summed E-state index contributed by atoms with van der Waals surface area (Å²) in [6.07, 6.45) is 0. The Morgan fingerprint density at radius 3 is 2.67 bits per heavy atom. The molecule has 2 aromatic rings. The monoisotopic (exact) mass is 261 g/mol. The lowest BCUT2D eigenvalue weighted by Gasteiger charge is -2.00. The van der Waals surface area contributed by atoms with Crippen LogP contribution in [-0.2, 0) is 0 Å². The molecule has 0 aliphatic heterocycles. The van der Waals surface area contributed by atoms with Gasteiger partial charge >= 0.3 is 0 Å². The largest absolute Gasteiger partial charge is 0.446 e. The summed E-state index contributed by atoms with van der Waals surface area (Å²) in [6.45, 7) is 2.02. The first-order valence-corrected chi connectivity index (χ1v) is 5.26. The van der Waals surface area contributed by atoms with E-state index in [2.05, 4.69) is 15.9 Å². The molecule has 0 aliphatic carbocycles. The zero-order valence-electron chi connectivity index (χ0n) is 8.12. The smallest absolute Gasteiger partial charge is 0.204 e. The maximum Gasteiger partial charge on any atom is 0.204 e. The fourth-order valence-electron chi connectivity index (χ4n) is 1.35. The summed E-state index contributed by atoms with van der Waals surface area (Å²) >= 11 is 3.44. The molecule has 0 fully saturated rings. The Morgan fingerprint density at radius 1 is 1.27 bits per heavy atom. The molecule has 0 atom stereocenters. The predicted octanol–water partition coefficient (Wildman–Crippen LogP) is 3.89. The van der Waals surface area contributed by atoms with Gasteiger partial charge in [-0.05, 0) is 36.8 Å². The van der Waals surface area contributed by atoms with Crippen molar-refractivity contribution in [2.45, 2.75) is 6.92 Å². The summed E-state index contributed by atoms with van der Waals surface area (Å²) < 4.78 is 6.41. The Hall–Kier alpha value is -1.53. The number of benzene rings is 1. The molecule has 0 radical (unpaired) electrons. The van der Waals surface area contributed by atoms with E-state index in [0.29, 0.717) is 5.76 Å². The van der Waals surface area contributed by atoms with E-state index in [1.807, 2.05) is 31.2 Å². The van der Waals surface area contributed by atoms with Gasteiger partial charge in [0, 0.05) is 10.0 Å². The molecule has 1 heterocycles. The van der Waals surface area contributed by atoms with Crippen LogP contribution in [-0.4, -0.2) is 0 Å². The summed E-state index contributed by atoms with van der Waals surface area (Å²) in [5.74, 6) is 1.06. The number of halogens is 1. The second-order valence-corrected chi connectivity index (χ2v) is 4.09. The average molecular weight is 262 g/mol. The lowest BCUT2D eigenvalue weighted by atomic mass is 10.1. The van der Waals surface area contributed by atoms with Crippen LogP contribution in [0.4, 0.5) is 0 Å². The van der Waals surface area contributed by atoms with E-state index in [1.165, 1.54) is 0 Å². The number of hydrogen-bond acceptors (Lipinski definition) is 2. The molecule has 0 unspecified atom stereocenters. The molecule has 74 valence electrons. The third-order valence-corrected chi connectivity index (χ3v) is 3.05. The standard InChI is InChI=1S/C12H8BrNO/c1-8-6-9(2-4-11(8)13)12-5-3-10(7-14)15-12/h2-6H,1H3. The Balaban J connectivity index is 2.46. The van der Waals surface area contributed by atoms with Gasteiger partial charge in [0.1, 0.15) is 11.8 Å². The predicted molar refractivity (Wildman–Crippen MR) is 61.3 cm³/mol. The first kappa shape index (κ1) is 10.0. The molecule has 0 saturated carbocycles. The van der Waals surface area contributed by atoms with Gasteiger partial charge in [-0.2, -0.15) is 5.26 Å². The van der Waals surface area contributed by atoms with Crippen LogP contribution in [0.3, 0.4) is 0 Å². The van der Waals surface area contributed by atoms with Crippen molar-refractivity contribution in [3.05, 3.63) is 46.1 Å². The van der Waals surface area contributed by atoms with Crippen LogP contribution in [0.25, 0.3) is 11.3 Å². The van der Waals surface area contributed by atoms with Crippen LogP contribution < -0.4 is 0 Å². The molecule has 0 amide bonds. The van der Waals surface area contributed by atoms with Crippen molar-refractivity contribution in [3.8, 4) is 17.4 Å². The number of nitrogens with zero attached hydrogens (tertiary/aromatic N) is 1. The van der Waals surface area contributed by atoms with Crippen molar-refractivity contribution in [2.24, 2.45) is 0 Å². The number of nitriles is 1. The van der Waals surface area contributed by atoms with Crippen molar-refractivity contribution < 1.29 is 4.42 Å². The summed E-state index contributed by atoms with van der Waals surface area (Å²) in [7, 11) is 0. The van der Waals surface area contributed by atoms with Gasteiger partial charge in [-0.3, -0.25) is 0 Å². The Labute approximate surface area is 96.3 Å². The fraction of sp³-hybridized carbons (Fsp3) is 0.0833. The van der Waals surface area contributed by atoms with E-state index < -0.39 is 0 Å². The first-order valence-electron chi connectivity index (χ1n) is 4.47. The van der Waals surface area contributed by atoms with E-state index in [0.717, 1.165) is 21.4 Å². The molecular formula is C12H8BrNO.